The van der Waals surface area contributed by atoms with Crippen molar-refractivity contribution in [1.82, 2.24) is 15.3 Å². The summed E-state index contributed by atoms with van der Waals surface area (Å²) in [5, 5.41) is 4.45. The van der Waals surface area contributed by atoms with Crippen LogP contribution in [0.2, 0.25) is 5.02 Å². The van der Waals surface area contributed by atoms with E-state index in [4.69, 9.17) is 11.6 Å². The highest BCUT2D eigenvalue weighted by Gasteiger charge is 2.05. The lowest BCUT2D eigenvalue weighted by Gasteiger charge is -2.09. The van der Waals surface area contributed by atoms with Gasteiger partial charge in [0.15, 0.2) is 0 Å². The third-order valence-electron chi connectivity index (χ3n) is 3.20. The van der Waals surface area contributed by atoms with E-state index in [1.54, 1.807) is 18.2 Å². The molecule has 0 saturated heterocycles. The Kier molecular flexibility index (Phi) is 4.56. The summed E-state index contributed by atoms with van der Waals surface area (Å²) < 4.78 is 0. The lowest BCUT2D eigenvalue weighted by Crippen LogP contribution is -2.23. The van der Waals surface area contributed by atoms with Crippen LogP contribution in [0.25, 0.3) is 10.9 Å². The topological polar surface area (TPSA) is 57.8 Å². The molecule has 2 rings (SSSR count). The van der Waals surface area contributed by atoms with E-state index in [-0.39, 0.29) is 5.56 Å². The Labute approximate surface area is 117 Å². The Balaban J connectivity index is 2.18. The lowest BCUT2D eigenvalue weighted by atomic mass is 10.1. The van der Waals surface area contributed by atoms with Crippen molar-refractivity contribution >= 4 is 22.5 Å². The number of H-pyrrole nitrogens is 1. The zero-order valence-electron chi connectivity index (χ0n) is 11.2. The van der Waals surface area contributed by atoms with E-state index < -0.39 is 0 Å². The van der Waals surface area contributed by atoms with Gasteiger partial charge in [-0.15, -0.1) is 0 Å². The van der Waals surface area contributed by atoms with Gasteiger partial charge < -0.3 is 10.3 Å². The van der Waals surface area contributed by atoms with Crippen molar-refractivity contribution in [3.05, 3.63) is 39.4 Å². The molecular formula is C14H18ClN3O. The second-order valence-corrected chi connectivity index (χ2v) is 5.25. The van der Waals surface area contributed by atoms with Crippen LogP contribution in [0.5, 0.6) is 0 Å². The minimum atomic E-state index is -0.123. The van der Waals surface area contributed by atoms with Gasteiger partial charge in [0.1, 0.15) is 5.82 Å². The van der Waals surface area contributed by atoms with E-state index in [0.717, 1.165) is 13.0 Å². The van der Waals surface area contributed by atoms with E-state index >= 15 is 0 Å². The van der Waals surface area contributed by atoms with Gasteiger partial charge in [-0.25, -0.2) is 4.98 Å². The van der Waals surface area contributed by atoms with E-state index in [1.165, 1.54) is 0 Å². The quantitative estimate of drug-likeness (QED) is 0.885. The molecule has 0 radical (unpaired) electrons. The molecule has 5 heteroatoms. The Morgan fingerprint density at radius 2 is 2.26 bits per heavy atom. The highest BCUT2D eigenvalue weighted by Crippen LogP contribution is 2.14. The van der Waals surface area contributed by atoms with Crippen molar-refractivity contribution in [2.45, 2.75) is 26.8 Å². The minimum absolute atomic E-state index is 0.123. The number of hydrogen-bond acceptors (Lipinski definition) is 3. The molecule has 2 N–H and O–H groups in total. The number of fused-ring (bicyclic) bond motifs is 1. The first-order valence-electron chi connectivity index (χ1n) is 6.49. The second-order valence-electron chi connectivity index (χ2n) is 4.82. The maximum Gasteiger partial charge on any atom is 0.258 e. The van der Waals surface area contributed by atoms with E-state index in [2.05, 4.69) is 29.1 Å². The average molecular weight is 280 g/mol. The molecule has 4 nitrogen and oxygen atoms in total. The summed E-state index contributed by atoms with van der Waals surface area (Å²) in [7, 11) is 0. The van der Waals surface area contributed by atoms with E-state index in [0.29, 0.717) is 34.2 Å². The van der Waals surface area contributed by atoms with Crippen molar-refractivity contribution in [2.24, 2.45) is 5.92 Å². The number of rotatable bonds is 5. The smallest absolute Gasteiger partial charge is 0.258 e. The number of nitrogens with zero attached hydrogens (tertiary/aromatic N) is 1. The first-order valence-corrected chi connectivity index (χ1v) is 6.87. The molecule has 0 fully saturated rings. The van der Waals surface area contributed by atoms with Crippen molar-refractivity contribution in [2.75, 3.05) is 6.54 Å². The molecule has 1 aromatic heterocycles. The van der Waals surface area contributed by atoms with Crippen LogP contribution >= 0.6 is 11.6 Å². The monoisotopic (exact) mass is 279 g/mol. The predicted octanol–water partition coefficient (Wildman–Crippen LogP) is 2.71. The average Bonchev–Trinajstić information content (AvgIpc) is 2.38. The summed E-state index contributed by atoms with van der Waals surface area (Å²) >= 11 is 5.92. The molecular weight excluding hydrogens is 262 g/mol. The van der Waals surface area contributed by atoms with Crippen molar-refractivity contribution in [1.29, 1.82) is 0 Å². The normalized spacial score (nSPS) is 12.8. The van der Waals surface area contributed by atoms with Gasteiger partial charge in [-0.1, -0.05) is 31.9 Å². The first-order chi connectivity index (χ1) is 9.10. The van der Waals surface area contributed by atoms with Crippen LogP contribution in [0.3, 0.4) is 0 Å². The molecule has 0 aliphatic heterocycles. The van der Waals surface area contributed by atoms with Gasteiger partial charge >= 0.3 is 0 Å². The molecule has 0 amide bonds. The molecule has 1 unspecified atom stereocenters. The summed E-state index contributed by atoms with van der Waals surface area (Å²) in [5.74, 6) is 1.25. The second kappa shape index (κ2) is 6.17. The van der Waals surface area contributed by atoms with Gasteiger partial charge in [0.05, 0.1) is 17.4 Å². The highest BCUT2D eigenvalue weighted by atomic mass is 35.5. The molecule has 1 aromatic carbocycles. The van der Waals surface area contributed by atoms with Gasteiger partial charge in [-0.2, -0.15) is 0 Å². The van der Waals surface area contributed by atoms with Crippen LogP contribution in [-0.4, -0.2) is 16.5 Å². The van der Waals surface area contributed by atoms with Crippen LogP contribution in [-0.2, 0) is 6.54 Å². The van der Waals surface area contributed by atoms with Gasteiger partial charge in [0.25, 0.3) is 5.56 Å². The lowest BCUT2D eigenvalue weighted by molar-refractivity contribution is 0.494. The molecule has 1 atom stereocenters. The Morgan fingerprint density at radius 1 is 1.47 bits per heavy atom. The summed E-state index contributed by atoms with van der Waals surface area (Å²) in [4.78, 5) is 19.1. The zero-order valence-corrected chi connectivity index (χ0v) is 11.9. The first kappa shape index (κ1) is 14.0. The van der Waals surface area contributed by atoms with Crippen molar-refractivity contribution < 1.29 is 0 Å². The molecule has 19 heavy (non-hydrogen) atoms. The molecule has 0 aliphatic rings. The molecule has 0 bridgehead atoms. The molecule has 0 spiro atoms. The third-order valence-corrected chi connectivity index (χ3v) is 3.43. The van der Waals surface area contributed by atoms with Gasteiger partial charge in [0, 0.05) is 5.02 Å². The van der Waals surface area contributed by atoms with E-state index in [9.17, 15) is 4.79 Å². The number of halogens is 1. The van der Waals surface area contributed by atoms with Crippen LogP contribution in [0.1, 0.15) is 26.1 Å². The SMILES string of the molecule is CCC(C)CNCc1nc2cc(Cl)ccc2c(=O)[nH]1. The Bertz CT molecular complexity index is 624. The third kappa shape index (κ3) is 3.55. The number of benzene rings is 1. The fourth-order valence-corrected chi connectivity index (χ4v) is 1.99. The van der Waals surface area contributed by atoms with E-state index in [1.807, 2.05) is 0 Å². The van der Waals surface area contributed by atoms with Crippen molar-refractivity contribution in [3.8, 4) is 0 Å². The maximum absolute atomic E-state index is 11.9. The summed E-state index contributed by atoms with van der Waals surface area (Å²) in [6, 6.07) is 5.10. The van der Waals surface area contributed by atoms with Crippen LogP contribution < -0.4 is 10.9 Å². The maximum atomic E-state index is 11.9. The number of nitrogens with one attached hydrogen (secondary N) is 2. The molecule has 0 aliphatic carbocycles. The van der Waals surface area contributed by atoms with Crippen LogP contribution in [0.4, 0.5) is 0 Å². The molecule has 0 saturated carbocycles. The summed E-state index contributed by atoms with van der Waals surface area (Å²) in [6.07, 6.45) is 1.13. The Morgan fingerprint density at radius 3 is 3.00 bits per heavy atom. The molecule has 2 aromatic rings. The van der Waals surface area contributed by atoms with Gasteiger partial charge in [-0.05, 0) is 30.7 Å². The number of aromatic amines is 1. The zero-order chi connectivity index (χ0) is 13.8. The number of hydrogen-bond donors (Lipinski definition) is 2. The van der Waals surface area contributed by atoms with Gasteiger partial charge in [0.2, 0.25) is 0 Å². The van der Waals surface area contributed by atoms with Gasteiger partial charge in [-0.3, -0.25) is 4.79 Å². The summed E-state index contributed by atoms with van der Waals surface area (Å²) in [6.45, 7) is 5.81. The fraction of sp³-hybridized carbons (Fsp3) is 0.429. The van der Waals surface area contributed by atoms with Crippen molar-refractivity contribution in [3.63, 3.8) is 0 Å². The summed E-state index contributed by atoms with van der Waals surface area (Å²) in [5.41, 5.74) is 0.513. The van der Waals surface area contributed by atoms with Crippen LogP contribution in [0.15, 0.2) is 23.0 Å². The highest BCUT2D eigenvalue weighted by molar-refractivity contribution is 6.31. The van der Waals surface area contributed by atoms with Crippen LogP contribution in [0, 0.1) is 5.92 Å². The predicted molar refractivity (Wildman–Crippen MR) is 78.5 cm³/mol. The minimum Gasteiger partial charge on any atom is -0.310 e. The standard InChI is InChI=1S/C14H18ClN3O/c1-3-9(2)7-16-8-13-17-12-6-10(15)4-5-11(12)14(19)18-13/h4-6,9,16H,3,7-8H2,1-2H3,(H,17,18,19). The molecule has 102 valence electrons. The largest absolute Gasteiger partial charge is 0.310 e. The fourth-order valence-electron chi connectivity index (χ4n) is 1.83. The molecule has 1 heterocycles. The number of aromatic nitrogens is 2. The Hall–Kier alpha value is -1.39.